The quantitative estimate of drug-likeness (QED) is 0.345. The Morgan fingerprint density at radius 2 is 2.26 bits per heavy atom. The highest BCUT2D eigenvalue weighted by molar-refractivity contribution is 6.35. The number of hydrogen-bond acceptors (Lipinski definition) is 4. The maximum Gasteiger partial charge on any atom is 0.196 e. The van der Waals surface area contributed by atoms with Gasteiger partial charge in [0.2, 0.25) is 0 Å². The van der Waals surface area contributed by atoms with Crippen molar-refractivity contribution in [3.05, 3.63) is 46.2 Å². The number of ketones is 1. The van der Waals surface area contributed by atoms with Crippen molar-refractivity contribution in [2.45, 2.75) is 26.2 Å². The van der Waals surface area contributed by atoms with Crippen molar-refractivity contribution in [1.29, 1.82) is 0 Å². The van der Waals surface area contributed by atoms with E-state index < -0.39 is 23.9 Å². The highest BCUT2D eigenvalue weighted by atomic mass is 35.5. The average molecular weight is 395 g/mol. The number of allylic oxidation sites excluding steroid dienone is 3. The van der Waals surface area contributed by atoms with Crippen LogP contribution in [0.2, 0.25) is 5.02 Å². The number of nitrogens with one attached hydrogen (secondary N) is 2. The van der Waals surface area contributed by atoms with Gasteiger partial charge in [-0.25, -0.2) is 13.8 Å². The van der Waals surface area contributed by atoms with Crippen LogP contribution in [0.25, 0.3) is 11.0 Å². The molecule has 1 saturated carbocycles. The Bertz CT molecular complexity index is 931. The number of alkyl halides is 1. The third kappa shape index (κ3) is 3.98. The molecular weight excluding hydrogens is 374 g/mol. The predicted molar refractivity (Wildman–Crippen MR) is 103 cm³/mol. The summed E-state index contributed by atoms with van der Waals surface area (Å²) in [6.07, 6.45) is 7.00. The smallest absolute Gasteiger partial charge is 0.196 e. The third-order valence-electron chi connectivity index (χ3n) is 4.51. The number of aromatic nitrogens is 2. The number of fused-ring (bicyclic) bond motifs is 1. The van der Waals surface area contributed by atoms with Crippen LogP contribution in [-0.2, 0) is 0 Å². The number of Topliss-reactive ketones (excluding diaryl/α,β-unsaturated/α-hetero) is 1. The van der Waals surface area contributed by atoms with Gasteiger partial charge in [0.15, 0.2) is 11.6 Å². The maximum absolute atomic E-state index is 14.5. The van der Waals surface area contributed by atoms with Crippen molar-refractivity contribution >= 4 is 34.1 Å². The van der Waals surface area contributed by atoms with Gasteiger partial charge in [-0.1, -0.05) is 24.6 Å². The average Bonchev–Trinajstić information content (AvgIpc) is 3.38. The van der Waals surface area contributed by atoms with E-state index in [0.29, 0.717) is 40.6 Å². The van der Waals surface area contributed by atoms with Gasteiger partial charge in [-0.05, 0) is 25.2 Å². The predicted octanol–water partition coefficient (Wildman–Crippen LogP) is 4.67. The number of rotatable bonds is 8. The minimum atomic E-state index is -1.27. The number of nitrogens with two attached hydrogens (primary N) is 1. The molecule has 1 fully saturated rings. The van der Waals surface area contributed by atoms with Gasteiger partial charge in [-0.15, -0.1) is 0 Å². The zero-order chi connectivity index (χ0) is 19.6. The highest BCUT2D eigenvalue weighted by Gasteiger charge is 2.26. The summed E-state index contributed by atoms with van der Waals surface area (Å²) in [7, 11) is 0. The van der Waals surface area contributed by atoms with Crippen molar-refractivity contribution in [3.63, 3.8) is 0 Å². The van der Waals surface area contributed by atoms with Crippen molar-refractivity contribution in [2.24, 2.45) is 11.7 Å². The van der Waals surface area contributed by atoms with E-state index in [2.05, 4.69) is 15.3 Å². The number of carbonyl (C=O) groups is 1. The number of hydrogen-bond donors (Lipinski definition) is 3. The van der Waals surface area contributed by atoms with Crippen LogP contribution < -0.4 is 11.1 Å². The van der Waals surface area contributed by atoms with Gasteiger partial charge in [0.05, 0.1) is 39.1 Å². The standard InChI is InChI=1S/C19H21ClF2N4O/c1-2-3-14(23)16(22)11(6-21)18(27)12-8-25-19-15(12)17(13(20)9-26-19)24-7-10-4-5-10/h3,8-10H,2,4-7,23H2,1H3,(H2,24,25,26)/b14-3+,16-11-. The summed E-state index contributed by atoms with van der Waals surface area (Å²) in [6.45, 7) is 1.21. The molecule has 0 aromatic carbocycles. The monoisotopic (exact) mass is 394 g/mol. The van der Waals surface area contributed by atoms with Crippen LogP contribution in [-0.4, -0.2) is 29.0 Å². The van der Waals surface area contributed by atoms with E-state index in [1.807, 2.05) is 0 Å². The summed E-state index contributed by atoms with van der Waals surface area (Å²) < 4.78 is 28.0. The summed E-state index contributed by atoms with van der Waals surface area (Å²) in [5.74, 6) is -1.26. The molecular formula is C19H21ClF2N4O. The lowest BCUT2D eigenvalue weighted by atomic mass is 10.0. The van der Waals surface area contributed by atoms with Gasteiger partial charge < -0.3 is 16.0 Å². The summed E-state index contributed by atoms with van der Waals surface area (Å²) in [6, 6.07) is 0. The topological polar surface area (TPSA) is 83.8 Å². The Morgan fingerprint density at radius 3 is 2.89 bits per heavy atom. The number of pyridine rings is 1. The molecule has 5 nitrogen and oxygen atoms in total. The third-order valence-corrected chi connectivity index (χ3v) is 4.80. The molecule has 8 heteroatoms. The maximum atomic E-state index is 14.5. The summed E-state index contributed by atoms with van der Waals surface area (Å²) in [5.41, 5.74) is 5.79. The van der Waals surface area contributed by atoms with Crippen LogP contribution in [0, 0.1) is 5.92 Å². The molecule has 1 aliphatic carbocycles. The molecule has 0 aliphatic heterocycles. The first-order valence-corrected chi connectivity index (χ1v) is 9.20. The summed E-state index contributed by atoms with van der Waals surface area (Å²) in [4.78, 5) is 19.9. The minimum Gasteiger partial charge on any atom is -0.397 e. The lowest BCUT2D eigenvalue weighted by Crippen LogP contribution is -2.12. The Kier molecular flexibility index (Phi) is 5.79. The molecule has 1 aliphatic rings. The molecule has 0 spiro atoms. The minimum absolute atomic E-state index is 0.102. The first kappa shape index (κ1) is 19.4. The molecule has 2 aromatic rings. The number of aromatic amines is 1. The van der Waals surface area contributed by atoms with Gasteiger partial charge in [0.1, 0.15) is 12.3 Å². The Hall–Kier alpha value is -2.41. The molecule has 2 aromatic heterocycles. The lowest BCUT2D eigenvalue weighted by molar-refractivity contribution is 0.102. The molecule has 0 saturated heterocycles. The molecule has 0 atom stereocenters. The van der Waals surface area contributed by atoms with Crippen LogP contribution in [0.1, 0.15) is 36.5 Å². The summed E-state index contributed by atoms with van der Waals surface area (Å²) >= 11 is 6.27. The van der Waals surface area contributed by atoms with E-state index in [4.69, 9.17) is 17.3 Å². The van der Waals surface area contributed by atoms with Crippen molar-refractivity contribution in [3.8, 4) is 0 Å². The SMILES string of the molecule is CC/C=C(N)\C(F)=C(/CF)C(=O)c1c[nH]c2ncc(Cl)c(NCC3CC3)c12. The highest BCUT2D eigenvalue weighted by Crippen LogP contribution is 2.36. The van der Waals surface area contributed by atoms with Gasteiger partial charge >= 0.3 is 0 Å². The molecule has 144 valence electrons. The molecule has 2 heterocycles. The van der Waals surface area contributed by atoms with Crippen LogP contribution in [0.5, 0.6) is 0 Å². The van der Waals surface area contributed by atoms with Gasteiger partial charge in [0, 0.05) is 12.7 Å². The lowest BCUT2D eigenvalue weighted by Gasteiger charge is -2.11. The zero-order valence-electron chi connectivity index (χ0n) is 14.9. The Labute approximate surface area is 160 Å². The first-order valence-electron chi connectivity index (χ1n) is 8.82. The fraction of sp³-hybridized carbons (Fsp3) is 0.368. The molecule has 0 radical (unpaired) electrons. The van der Waals surface area contributed by atoms with E-state index >= 15 is 0 Å². The second-order valence-corrected chi connectivity index (χ2v) is 6.96. The second kappa shape index (κ2) is 8.08. The fourth-order valence-corrected chi connectivity index (χ4v) is 3.07. The van der Waals surface area contributed by atoms with Gasteiger partial charge in [-0.2, -0.15) is 0 Å². The summed E-state index contributed by atoms with van der Waals surface area (Å²) in [5, 5.41) is 4.01. The van der Waals surface area contributed by atoms with E-state index in [9.17, 15) is 13.6 Å². The number of anilines is 1. The van der Waals surface area contributed by atoms with Gasteiger partial charge in [0.25, 0.3) is 0 Å². The molecule has 0 amide bonds. The van der Waals surface area contributed by atoms with Crippen molar-refractivity contribution < 1.29 is 13.6 Å². The number of H-pyrrole nitrogens is 1. The van der Waals surface area contributed by atoms with E-state index in [-0.39, 0.29) is 11.3 Å². The van der Waals surface area contributed by atoms with E-state index in [1.54, 1.807) is 6.92 Å². The normalized spacial score (nSPS) is 15.8. The zero-order valence-corrected chi connectivity index (χ0v) is 15.7. The molecule has 0 bridgehead atoms. The second-order valence-electron chi connectivity index (χ2n) is 6.55. The largest absolute Gasteiger partial charge is 0.397 e. The first-order chi connectivity index (χ1) is 13.0. The van der Waals surface area contributed by atoms with Gasteiger partial charge in [-0.3, -0.25) is 4.79 Å². The van der Waals surface area contributed by atoms with Crippen molar-refractivity contribution in [2.75, 3.05) is 18.5 Å². The van der Waals surface area contributed by atoms with Crippen LogP contribution in [0.15, 0.2) is 35.6 Å². The number of halogens is 3. The number of nitrogens with zero attached hydrogens (tertiary/aromatic N) is 1. The van der Waals surface area contributed by atoms with Crippen molar-refractivity contribution in [1.82, 2.24) is 9.97 Å². The van der Waals surface area contributed by atoms with E-state index in [0.717, 1.165) is 12.8 Å². The Morgan fingerprint density at radius 1 is 1.52 bits per heavy atom. The fourth-order valence-electron chi connectivity index (χ4n) is 2.86. The van der Waals surface area contributed by atoms with E-state index in [1.165, 1.54) is 18.5 Å². The van der Waals surface area contributed by atoms with Crippen LogP contribution in [0.3, 0.4) is 0 Å². The molecule has 27 heavy (non-hydrogen) atoms. The van der Waals surface area contributed by atoms with Crippen LogP contribution in [0.4, 0.5) is 14.5 Å². The van der Waals surface area contributed by atoms with Crippen LogP contribution >= 0.6 is 11.6 Å². The number of carbonyl (C=O) groups excluding carboxylic acids is 1. The molecule has 3 rings (SSSR count). The molecule has 0 unspecified atom stereocenters. The molecule has 4 N–H and O–H groups in total. The Balaban J connectivity index is 2.07.